The van der Waals surface area contributed by atoms with Gasteiger partial charge in [-0.2, -0.15) is 0 Å². The van der Waals surface area contributed by atoms with E-state index in [0.717, 1.165) is 64.5 Å². The first kappa shape index (κ1) is 22.9. The zero-order valence-corrected chi connectivity index (χ0v) is 16.8. The molecule has 6 heteroatoms. The molecule has 1 atom stereocenters. The smallest absolute Gasteiger partial charge is 0.305 e. The number of aliphatic hydroxyl groups is 1. The Morgan fingerprint density at radius 3 is 2.58 bits per heavy atom. The Hall–Kier alpha value is -1.14. The molecule has 1 aliphatic rings. The van der Waals surface area contributed by atoms with Crippen LogP contribution in [0.3, 0.4) is 0 Å². The number of hydrazine groups is 1. The number of carbonyl (C=O) groups is 2. The van der Waals surface area contributed by atoms with Crippen molar-refractivity contribution in [2.24, 2.45) is 0 Å². The Morgan fingerprint density at radius 1 is 1.08 bits per heavy atom. The minimum atomic E-state index is -0.306. The lowest BCUT2D eigenvalue weighted by Gasteiger charge is -2.28. The summed E-state index contributed by atoms with van der Waals surface area (Å²) < 4.78 is 4.92. The minimum Gasteiger partial charge on any atom is -0.466 e. The molecule has 1 heterocycles. The monoisotopic (exact) mass is 370 g/mol. The molecule has 6 nitrogen and oxygen atoms in total. The molecule has 1 fully saturated rings. The molecule has 1 saturated heterocycles. The van der Waals surface area contributed by atoms with Gasteiger partial charge >= 0.3 is 5.97 Å². The first-order chi connectivity index (χ1) is 12.6. The Bertz CT molecular complexity index is 403. The third kappa shape index (κ3) is 9.53. The SMILES string of the molecule is CCCCCC(O)CCN1C(=O)CCN1CCCCCCC(=O)OCC. The van der Waals surface area contributed by atoms with E-state index in [4.69, 9.17) is 4.74 Å². The number of esters is 1. The Balaban J connectivity index is 2.16. The van der Waals surface area contributed by atoms with Crippen molar-refractivity contribution in [3.8, 4) is 0 Å². The fourth-order valence-corrected chi connectivity index (χ4v) is 3.33. The predicted octanol–water partition coefficient (Wildman–Crippen LogP) is 3.28. The van der Waals surface area contributed by atoms with Crippen molar-refractivity contribution in [2.75, 3.05) is 26.2 Å². The number of nitrogens with zero attached hydrogens (tertiary/aromatic N) is 2. The van der Waals surface area contributed by atoms with Crippen LogP contribution in [-0.4, -0.2) is 59.3 Å². The van der Waals surface area contributed by atoms with Gasteiger partial charge in [0, 0.05) is 32.5 Å². The number of hydrogen-bond acceptors (Lipinski definition) is 5. The molecule has 0 saturated carbocycles. The molecule has 1 amide bonds. The second-order valence-corrected chi connectivity index (χ2v) is 7.13. The van der Waals surface area contributed by atoms with Gasteiger partial charge in [0.2, 0.25) is 5.91 Å². The van der Waals surface area contributed by atoms with Gasteiger partial charge in [-0.15, -0.1) is 0 Å². The van der Waals surface area contributed by atoms with E-state index in [-0.39, 0.29) is 18.0 Å². The van der Waals surface area contributed by atoms with E-state index < -0.39 is 0 Å². The molecule has 0 aliphatic carbocycles. The molecule has 1 rings (SSSR count). The van der Waals surface area contributed by atoms with Crippen LogP contribution in [0.2, 0.25) is 0 Å². The summed E-state index contributed by atoms with van der Waals surface area (Å²) in [5.74, 6) is 0.0642. The summed E-state index contributed by atoms with van der Waals surface area (Å²) in [6, 6.07) is 0. The first-order valence-electron chi connectivity index (χ1n) is 10.5. The zero-order chi connectivity index (χ0) is 19.2. The third-order valence-corrected chi connectivity index (χ3v) is 4.88. The lowest BCUT2D eigenvalue weighted by atomic mass is 10.1. The van der Waals surface area contributed by atoms with Crippen molar-refractivity contribution in [2.45, 2.75) is 90.6 Å². The second-order valence-electron chi connectivity index (χ2n) is 7.13. The number of unbranched alkanes of at least 4 members (excludes halogenated alkanes) is 5. The molecule has 0 radical (unpaired) electrons. The van der Waals surface area contributed by atoms with E-state index in [1.165, 1.54) is 0 Å². The average molecular weight is 371 g/mol. The zero-order valence-electron chi connectivity index (χ0n) is 16.8. The first-order valence-corrected chi connectivity index (χ1v) is 10.5. The highest BCUT2D eigenvalue weighted by molar-refractivity contribution is 5.77. The largest absolute Gasteiger partial charge is 0.466 e. The third-order valence-electron chi connectivity index (χ3n) is 4.88. The van der Waals surface area contributed by atoms with Gasteiger partial charge in [-0.1, -0.05) is 39.0 Å². The summed E-state index contributed by atoms with van der Waals surface area (Å²) in [5, 5.41) is 14.0. The molecule has 0 aromatic carbocycles. The normalized spacial score (nSPS) is 16.3. The fraction of sp³-hybridized carbons (Fsp3) is 0.900. The van der Waals surface area contributed by atoms with Crippen LogP contribution < -0.4 is 0 Å². The van der Waals surface area contributed by atoms with Crippen molar-refractivity contribution in [3.63, 3.8) is 0 Å². The molecule has 0 aromatic heterocycles. The van der Waals surface area contributed by atoms with Crippen LogP contribution >= 0.6 is 0 Å². The number of rotatable bonds is 15. The highest BCUT2D eigenvalue weighted by Gasteiger charge is 2.28. The quantitative estimate of drug-likeness (QED) is 0.354. The molecule has 1 aliphatic heterocycles. The Labute approximate surface area is 158 Å². The van der Waals surface area contributed by atoms with Gasteiger partial charge < -0.3 is 9.84 Å². The number of hydrogen-bond donors (Lipinski definition) is 1. The molecule has 1 unspecified atom stereocenters. The summed E-state index contributed by atoms with van der Waals surface area (Å²) in [4.78, 5) is 23.4. The summed E-state index contributed by atoms with van der Waals surface area (Å²) in [7, 11) is 0. The van der Waals surface area contributed by atoms with Gasteiger partial charge in [0.25, 0.3) is 0 Å². The van der Waals surface area contributed by atoms with E-state index in [9.17, 15) is 14.7 Å². The molecule has 26 heavy (non-hydrogen) atoms. The topological polar surface area (TPSA) is 70.1 Å². The summed E-state index contributed by atoms with van der Waals surface area (Å²) in [6.07, 6.45) is 9.58. The summed E-state index contributed by atoms with van der Waals surface area (Å²) in [5.41, 5.74) is 0. The number of amides is 1. The van der Waals surface area contributed by atoms with E-state index in [0.29, 0.717) is 32.4 Å². The van der Waals surface area contributed by atoms with Crippen molar-refractivity contribution in [1.82, 2.24) is 10.0 Å². The van der Waals surface area contributed by atoms with E-state index in [1.54, 1.807) is 0 Å². The van der Waals surface area contributed by atoms with Crippen LogP contribution in [0.1, 0.15) is 84.5 Å². The van der Waals surface area contributed by atoms with Gasteiger partial charge in [-0.3, -0.25) is 14.6 Å². The van der Waals surface area contributed by atoms with Crippen LogP contribution in [0.4, 0.5) is 0 Å². The molecular weight excluding hydrogens is 332 g/mol. The van der Waals surface area contributed by atoms with Crippen LogP contribution in [0, 0.1) is 0 Å². The van der Waals surface area contributed by atoms with Crippen LogP contribution in [0.15, 0.2) is 0 Å². The van der Waals surface area contributed by atoms with Gasteiger partial charge in [-0.25, -0.2) is 5.01 Å². The van der Waals surface area contributed by atoms with Gasteiger partial charge in [0.15, 0.2) is 0 Å². The van der Waals surface area contributed by atoms with Crippen LogP contribution in [-0.2, 0) is 14.3 Å². The van der Waals surface area contributed by atoms with Crippen molar-refractivity contribution >= 4 is 11.9 Å². The Kier molecular flexibility index (Phi) is 12.3. The van der Waals surface area contributed by atoms with Gasteiger partial charge in [0.1, 0.15) is 0 Å². The van der Waals surface area contributed by atoms with Crippen molar-refractivity contribution in [1.29, 1.82) is 0 Å². The van der Waals surface area contributed by atoms with Gasteiger partial charge in [0.05, 0.1) is 12.7 Å². The molecule has 152 valence electrons. The highest BCUT2D eigenvalue weighted by atomic mass is 16.5. The van der Waals surface area contributed by atoms with Crippen molar-refractivity contribution < 1.29 is 19.4 Å². The van der Waals surface area contributed by atoms with Crippen LogP contribution in [0.5, 0.6) is 0 Å². The Morgan fingerprint density at radius 2 is 1.85 bits per heavy atom. The maximum Gasteiger partial charge on any atom is 0.305 e. The lowest BCUT2D eigenvalue weighted by molar-refractivity contribution is -0.143. The van der Waals surface area contributed by atoms with E-state index in [1.807, 2.05) is 11.9 Å². The number of aliphatic hydroxyl groups excluding tert-OH is 1. The van der Waals surface area contributed by atoms with Crippen molar-refractivity contribution in [3.05, 3.63) is 0 Å². The van der Waals surface area contributed by atoms with E-state index in [2.05, 4.69) is 11.9 Å². The van der Waals surface area contributed by atoms with Gasteiger partial charge in [-0.05, 0) is 32.6 Å². The van der Waals surface area contributed by atoms with Crippen LogP contribution in [0.25, 0.3) is 0 Å². The second kappa shape index (κ2) is 14.0. The molecule has 0 spiro atoms. The standard InChI is InChI=1S/C20H38N2O4/c1-3-5-8-11-18(23)13-17-22-19(24)14-16-21(22)15-10-7-6-9-12-20(25)26-4-2/h18,23H,3-17H2,1-2H3. The minimum absolute atomic E-state index is 0.110. The molecule has 0 bridgehead atoms. The predicted molar refractivity (Wildman–Crippen MR) is 102 cm³/mol. The van der Waals surface area contributed by atoms with E-state index >= 15 is 0 Å². The summed E-state index contributed by atoms with van der Waals surface area (Å²) >= 11 is 0. The maximum absolute atomic E-state index is 12.1. The molecular formula is C20H38N2O4. The number of ether oxygens (including phenoxy) is 1. The molecule has 0 aromatic rings. The summed E-state index contributed by atoms with van der Waals surface area (Å²) in [6.45, 7) is 6.71. The molecule has 1 N–H and O–H groups in total. The lowest BCUT2D eigenvalue weighted by Crippen LogP contribution is -2.41. The number of carbonyl (C=O) groups excluding carboxylic acids is 2. The maximum atomic E-state index is 12.1. The average Bonchev–Trinajstić information content (AvgIpc) is 2.96. The fourth-order valence-electron chi connectivity index (χ4n) is 3.33. The highest BCUT2D eigenvalue weighted by Crippen LogP contribution is 2.16.